The Kier molecular flexibility index (Phi) is 5.06. The first kappa shape index (κ1) is 15.2. The normalized spacial score (nSPS) is 11.7. The van der Waals surface area contributed by atoms with Crippen LogP contribution < -0.4 is 11.1 Å². The van der Waals surface area contributed by atoms with Crippen LogP contribution in [-0.4, -0.2) is 10.9 Å². The second-order valence-corrected chi connectivity index (χ2v) is 5.42. The van der Waals surface area contributed by atoms with Crippen LogP contribution in [0.4, 0.5) is 0 Å². The van der Waals surface area contributed by atoms with Crippen molar-refractivity contribution < 1.29 is 4.79 Å². The molecule has 0 aliphatic rings. The largest absolute Gasteiger partial charge is 0.392 e. The maximum Gasteiger partial charge on any atom is 0.234 e. The van der Waals surface area contributed by atoms with E-state index in [-0.39, 0.29) is 10.9 Å². The summed E-state index contributed by atoms with van der Waals surface area (Å²) in [6.45, 7) is 2.49. The Morgan fingerprint density at radius 3 is 2.52 bits per heavy atom. The second kappa shape index (κ2) is 6.99. The van der Waals surface area contributed by atoms with Crippen molar-refractivity contribution in [3.05, 3.63) is 71.3 Å². The zero-order chi connectivity index (χ0) is 15.2. The predicted molar refractivity (Wildman–Crippen MR) is 89.0 cm³/mol. The van der Waals surface area contributed by atoms with E-state index in [0.29, 0.717) is 6.54 Å². The maximum atomic E-state index is 12.4. The molecule has 3 N–H and O–H groups in total. The van der Waals surface area contributed by atoms with Gasteiger partial charge in [-0.25, -0.2) is 0 Å². The highest BCUT2D eigenvalue weighted by Gasteiger charge is 2.22. The molecular formula is C17H18N2OS. The Labute approximate surface area is 130 Å². The number of nitrogens with two attached hydrogens (primary N) is 1. The molecule has 1 unspecified atom stereocenters. The van der Waals surface area contributed by atoms with Gasteiger partial charge in [0.05, 0.1) is 4.99 Å². The molecule has 2 aromatic carbocycles. The van der Waals surface area contributed by atoms with Gasteiger partial charge in [0.2, 0.25) is 5.91 Å². The SMILES string of the molecule is Cc1cccc(CNC(=O)C(C(N)=S)c2ccccc2)c1. The molecule has 0 saturated heterocycles. The average molecular weight is 298 g/mol. The van der Waals surface area contributed by atoms with Crippen LogP contribution in [0.5, 0.6) is 0 Å². The molecule has 1 amide bonds. The summed E-state index contributed by atoms with van der Waals surface area (Å²) in [5, 5.41) is 2.90. The van der Waals surface area contributed by atoms with Crippen LogP contribution in [-0.2, 0) is 11.3 Å². The van der Waals surface area contributed by atoms with Crippen molar-refractivity contribution in [2.45, 2.75) is 19.4 Å². The number of amides is 1. The predicted octanol–water partition coefficient (Wildman–Crippen LogP) is 2.68. The van der Waals surface area contributed by atoms with E-state index in [4.69, 9.17) is 18.0 Å². The zero-order valence-electron chi connectivity index (χ0n) is 11.9. The van der Waals surface area contributed by atoms with E-state index in [2.05, 4.69) is 5.32 Å². The molecule has 2 aromatic rings. The molecule has 0 aliphatic carbocycles. The smallest absolute Gasteiger partial charge is 0.234 e. The molecule has 0 fully saturated rings. The Morgan fingerprint density at radius 1 is 1.19 bits per heavy atom. The minimum Gasteiger partial charge on any atom is -0.392 e. The number of hydrogen-bond acceptors (Lipinski definition) is 2. The molecule has 108 valence electrons. The van der Waals surface area contributed by atoms with Crippen molar-refractivity contribution in [3.8, 4) is 0 Å². The van der Waals surface area contributed by atoms with Gasteiger partial charge in [0.1, 0.15) is 5.92 Å². The summed E-state index contributed by atoms with van der Waals surface area (Å²) in [6, 6.07) is 17.4. The summed E-state index contributed by atoms with van der Waals surface area (Å²) in [6.07, 6.45) is 0. The summed E-state index contributed by atoms with van der Waals surface area (Å²) in [7, 11) is 0. The monoisotopic (exact) mass is 298 g/mol. The molecule has 0 spiro atoms. The molecule has 4 heteroatoms. The summed E-state index contributed by atoms with van der Waals surface area (Å²) < 4.78 is 0. The number of carbonyl (C=O) groups excluding carboxylic acids is 1. The summed E-state index contributed by atoms with van der Waals surface area (Å²) in [5.41, 5.74) is 8.76. The molecule has 0 saturated carbocycles. The molecular weight excluding hydrogens is 280 g/mol. The number of aryl methyl sites for hydroxylation is 1. The topological polar surface area (TPSA) is 55.1 Å². The van der Waals surface area contributed by atoms with Gasteiger partial charge in [0.15, 0.2) is 0 Å². The van der Waals surface area contributed by atoms with E-state index in [1.165, 1.54) is 0 Å². The van der Waals surface area contributed by atoms with Gasteiger partial charge in [0.25, 0.3) is 0 Å². The van der Waals surface area contributed by atoms with E-state index < -0.39 is 5.92 Å². The van der Waals surface area contributed by atoms with Gasteiger partial charge < -0.3 is 11.1 Å². The average Bonchev–Trinajstić information content (AvgIpc) is 2.46. The van der Waals surface area contributed by atoms with Gasteiger partial charge in [-0.05, 0) is 18.1 Å². The molecule has 0 aliphatic heterocycles. The zero-order valence-corrected chi connectivity index (χ0v) is 12.7. The molecule has 0 radical (unpaired) electrons. The van der Waals surface area contributed by atoms with E-state index in [9.17, 15) is 4.79 Å². The minimum atomic E-state index is -0.592. The number of carbonyl (C=O) groups is 1. The Morgan fingerprint density at radius 2 is 1.90 bits per heavy atom. The first-order chi connectivity index (χ1) is 10.1. The Hall–Kier alpha value is -2.20. The van der Waals surface area contributed by atoms with E-state index in [1.54, 1.807) is 0 Å². The second-order valence-electron chi connectivity index (χ2n) is 4.95. The van der Waals surface area contributed by atoms with Crippen LogP contribution in [0.15, 0.2) is 54.6 Å². The molecule has 0 bridgehead atoms. The van der Waals surface area contributed by atoms with Gasteiger partial charge in [-0.15, -0.1) is 0 Å². The quantitative estimate of drug-likeness (QED) is 0.835. The highest BCUT2D eigenvalue weighted by atomic mass is 32.1. The van der Waals surface area contributed by atoms with Crippen LogP contribution in [0.25, 0.3) is 0 Å². The third-order valence-electron chi connectivity index (χ3n) is 3.23. The number of rotatable bonds is 5. The van der Waals surface area contributed by atoms with Crippen molar-refractivity contribution in [2.24, 2.45) is 5.73 Å². The van der Waals surface area contributed by atoms with Gasteiger partial charge in [-0.1, -0.05) is 72.4 Å². The standard InChI is InChI=1S/C17H18N2OS/c1-12-6-5-7-13(10-12)11-19-17(20)15(16(18)21)14-8-3-2-4-9-14/h2-10,15H,11H2,1H3,(H2,18,21)(H,19,20). The molecule has 1 atom stereocenters. The third kappa shape index (κ3) is 4.13. The lowest BCUT2D eigenvalue weighted by Gasteiger charge is -2.16. The Bertz CT molecular complexity index is 640. The fourth-order valence-corrected chi connectivity index (χ4v) is 2.45. The number of nitrogens with one attached hydrogen (secondary N) is 1. The van der Waals surface area contributed by atoms with Crippen LogP contribution >= 0.6 is 12.2 Å². The highest BCUT2D eigenvalue weighted by Crippen LogP contribution is 2.16. The fraction of sp³-hybridized carbons (Fsp3) is 0.176. The van der Waals surface area contributed by atoms with Crippen molar-refractivity contribution in [3.63, 3.8) is 0 Å². The number of thiocarbonyl (C=S) groups is 1. The molecule has 0 aromatic heterocycles. The fourth-order valence-electron chi connectivity index (χ4n) is 2.20. The summed E-state index contributed by atoms with van der Waals surface area (Å²) in [4.78, 5) is 12.5. The van der Waals surface area contributed by atoms with Crippen molar-refractivity contribution in [2.75, 3.05) is 0 Å². The van der Waals surface area contributed by atoms with Crippen LogP contribution in [0.3, 0.4) is 0 Å². The van der Waals surface area contributed by atoms with E-state index >= 15 is 0 Å². The van der Waals surface area contributed by atoms with Gasteiger partial charge >= 0.3 is 0 Å². The summed E-state index contributed by atoms with van der Waals surface area (Å²) >= 11 is 5.04. The van der Waals surface area contributed by atoms with Crippen LogP contribution in [0.2, 0.25) is 0 Å². The minimum absolute atomic E-state index is 0.171. The highest BCUT2D eigenvalue weighted by molar-refractivity contribution is 7.80. The van der Waals surface area contributed by atoms with E-state index in [0.717, 1.165) is 16.7 Å². The van der Waals surface area contributed by atoms with Gasteiger partial charge in [-0.3, -0.25) is 4.79 Å². The van der Waals surface area contributed by atoms with Crippen molar-refractivity contribution >= 4 is 23.1 Å². The molecule has 0 heterocycles. The molecule has 21 heavy (non-hydrogen) atoms. The summed E-state index contributed by atoms with van der Waals surface area (Å²) in [5.74, 6) is -0.763. The van der Waals surface area contributed by atoms with E-state index in [1.807, 2.05) is 61.5 Å². The van der Waals surface area contributed by atoms with Crippen molar-refractivity contribution in [1.82, 2.24) is 5.32 Å². The lowest BCUT2D eigenvalue weighted by molar-refractivity contribution is -0.121. The maximum absolute atomic E-state index is 12.4. The van der Waals surface area contributed by atoms with Crippen LogP contribution in [0.1, 0.15) is 22.6 Å². The van der Waals surface area contributed by atoms with Gasteiger partial charge in [-0.2, -0.15) is 0 Å². The first-order valence-corrected chi connectivity index (χ1v) is 7.16. The van der Waals surface area contributed by atoms with Crippen LogP contribution in [0, 0.1) is 6.92 Å². The number of hydrogen-bond donors (Lipinski definition) is 2. The first-order valence-electron chi connectivity index (χ1n) is 6.75. The third-order valence-corrected chi connectivity index (χ3v) is 3.46. The molecule has 2 rings (SSSR count). The lowest BCUT2D eigenvalue weighted by Crippen LogP contribution is -2.35. The van der Waals surface area contributed by atoms with Gasteiger partial charge in [0, 0.05) is 6.54 Å². The Balaban J connectivity index is 2.08. The van der Waals surface area contributed by atoms with Crippen molar-refractivity contribution in [1.29, 1.82) is 0 Å². The number of benzene rings is 2. The lowest BCUT2D eigenvalue weighted by atomic mass is 9.98. The molecule has 3 nitrogen and oxygen atoms in total.